The number of rotatable bonds is 3. The standard InChI is InChI=1S/C13H15N3O2S2/c1-19-13-14-10(16-5-3-2-4-6-16)8-7-9(12(17)18)20-11(8)15-13/h7H,2-6H2,1H3,(H,17,18)/p-1. The Morgan fingerprint density at radius 3 is 2.75 bits per heavy atom. The van der Waals surface area contributed by atoms with Crippen molar-refractivity contribution in [1.29, 1.82) is 0 Å². The first-order valence-corrected chi connectivity index (χ1v) is 8.55. The van der Waals surface area contributed by atoms with Crippen LogP contribution in [-0.2, 0) is 0 Å². The van der Waals surface area contributed by atoms with Crippen molar-refractivity contribution in [2.45, 2.75) is 24.4 Å². The van der Waals surface area contributed by atoms with Crippen LogP contribution in [0.4, 0.5) is 5.82 Å². The van der Waals surface area contributed by atoms with Crippen LogP contribution in [0.1, 0.15) is 28.9 Å². The molecular formula is C13H14N3O2S2-. The number of carboxylic acids is 1. The Hall–Kier alpha value is -1.34. The lowest BCUT2D eigenvalue weighted by atomic mass is 10.1. The summed E-state index contributed by atoms with van der Waals surface area (Å²) in [6, 6.07) is 1.64. The third-order valence-corrected chi connectivity index (χ3v) is 4.95. The van der Waals surface area contributed by atoms with Gasteiger partial charge in [0.25, 0.3) is 0 Å². The van der Waals surface area contributed by atoms with Crippen LogP contribution < -0.4 is 10.0 Å². The smallest absolute Gasteiger partial charge is 0.190 e. The number of thioether (sulfide) groups is 1. The van der Waals surface area contributed by atoms with E-state index in [-0.39, 0.29) is 4.88 Å². The first-order chi connectivity index (χ1) is 9.69. The van der Waals surface area contributed by atoms with E-state index in [2.05, 4.69) is 14.9 Å². The molecule has 2 aromatic rings. The molecule has 0 radical (unpaired) electrons. The number of fused-ring (bicyclic) bond motifs is 1. The van der Waals surface area contributed by atoms with Gasteiger partial charge >= 0.3 is 0 Å². The molecule has 1 saturated heterocycles. The topological polar surface area (TPSA) is 69.2 Å². The molecule has 0 amide bonds. The van der Waals surface area contributed by atoms with E-state index in [0.717, 1.165) is 53.3 Å². The third kappa shape index (κ3) is 2.47. The van der Waals surface area contributed by atoms with E-state index in [4.69, 9.17) is 0 Å². The molecule has 0 aromatic carbocycles. The second kappa shape index (κ2) is 5.57. The number of nitrogens with zero attached hydrogens (tertiary/aromatic N) is 3. The normalized spacial score (nSPS) is 15.8. The lowest BCUT2D eigenvalue weighted by Gasteiger charge is -2.28. The maximum Gasteiger partial charge on any atom is 0.190 e. The van der Waals surface area contributed by atoms with Gasteiger partial charge in [0, 0.05) is 13.1 Å². The molecule has 3 heterocycles. The van der Waals surface area contributed by atoms with Crippen molar-refractivity contribution in [3.05, 3.63) is 10.9 Å². The van der Waals surface area contributed by atoms with Gasteiger partial charge in [-0.3, -0.25) is 0 Å². The lowest BCUT2D eigenvalue weighted by molar-refractivity contribution is -0.254. The zero-order chi connectivity index (χ0) is 14.1. The molecule has 7 heteroatoms. The number of carbonyl (C=O) groups is 1. The van der Waals surface area contributed by atoms with Crippen molar-refractivity contribution in [2.75, 3.05) is 24.2 Å². The van der Waals surface area contributed by atoms with Gasteiger partial charge < -0.3 is 14.8 Å². The zero-order valence-electron chi connectivity index (χ0n) is 11.1. The molecular weight excluding hydrogens is 294 g/mol. The van der Waals surface area contributed by atoms with Crippen LogP contribution in [0.25, 0.3) is 10.2 Å². The first kappa shape index (κ1) is 13.6. The Morgan fingerprint density at radius 2 is 2.10 bits per heavy atom. The predicted molar refractivity (Wildman–Crippen MR) is 79.6 cm³/mol. The minimum absolute atomic E-state index is 0.214. The quantitative estimate of drug-likeness (QED) is 0.636. The Balaban J connectivity index is 2.14. The highest BCUT2D eigenvalue weighted by Gasteiger charge is 2.19. The minimum Gasteiger partial charge on any atom is -0.544 e. The molecule has 0 aliphatic carbocycles. The summed E-state index contributed by atoms with van der Waals surface area (Å²) in [5.41, 5.74) is 0. The average molecular weight is 308 g/mol. The van der Waals surface area contributed by atoms with Crippen LogP contribution in [-0.4, -0.2) is 35.3 Å². The van der Waals surface area contributed by atoms with E-state index in [1.54, 1.807) is 6.07 Å². The molecule has 0 saturated carbocycles. The SMILES string of the molecule is CSc1nc(N2CCCCC2)c2cc(C(=O)[O-])sc2n1. The molecule has 20 heavy (non-hydrogen) atoms. The van der Waals surface area contributed by atoms with Crippen molar-refractivity contribution in [1.82, 2.24) is 9.97 Å². The molecule has 1 fully saturated rings. The van der Waals surface area contributed by atoms with Crippen LogP contribution in [0.5, 0.6) is 0 Å². The molecule has 5 nitrogen and oxygen atoms in total. The highest BCUT2D eigenvalue weighted by Crippen LogP contribution is 2.33. The molecule has 106 valence electrons. The van der Waals surface area contributed by atoms with Crippen molar-refractivity contribution in [3.8, 4) is 0 Å². The van der Waals surface area contributed by atoms with Crippen LogP contribution >= 0.6 is 23.1 Å². The van der Waals surface area contributed by atoms with Crippen molar-refractivity contribution in [3.63, 3.8) is 0 Å². The summed E-state index contributed by atoms with van der Waals surface area (Å²) in [5.74, 6) is -0.286. The van der Waals surface area contributed by atoms with Gasteiger partial charge in [0.2, 0.25) is 0 Å². The fourth-order valence-corrected chi connectivity index (χ4v) is 3.70. The maximum atomic E-state index is 11.0. The van der Waals surface area contributed by atoms with Crippen molar-refractivity contribution in [2.24, 2.45) is 0 Å². The van der Waals surface area contributed by atoms with Gasteiger partial charge in [-0.25, -0.2) is 9.97 Å². The molecule has 3 rings (SSSR count). The largest absolute Gasteiger partial charge is 0.544 e. The Morgan fingerprint density at radius 1 is 1.35 bits per heavy atom. The maximum absolute atomic E-state index is 11.0. The minimum atomic E-state index is -1.15. The number of aromatic nitrogens is 2. The Kier molecular flexibility index (Phi) is 3.80. The molecule has 0 atom stereocenters. The molecule has 2 aromatic heterocycles. The number of hydrogen-bond donors (Lipinski definition) is 0. The van der Waals surface area contributed by atoms with Gasteiger partial charge in [0.15, 0.2) is 5.16 Å². The number of carboxylic acid groups (broad SMARTS) is 1. The summed E-state index contributed by atoms with van der Waals surface area (Å²) in [6.45, 7) is 1.94. The van der Waals surface area contributed by atoms with Crippen LogP contribution in [0, 0.1) is 0 Å². The Labute approximate surface area is 125 Å². The predicted octanol–water partition coefficient (Wildman–Crippen LogP) is 1.77. The molecule has 0 bridgehead atoms. The summed E-state index contributed by atoms with van der Waals surface area (Å²) in [6.07, 6.45) is 5.47. The van der Waals surface area contributed by atoms with Gasteiger partial charge in [-0.15, -0.1) is 11.3 Å². The highest BCUT2D eigenvalue weighted by molar-refractivity contribution is 7.98. The van der Waals surface area contributed by atoms with Gasteiger partial charge in [0.1, 0.15) is 10.6 Å². The lowest BCUT2D eigenvalue weighted by Crippen LogP contribution is -2.30. The molecule has 1 aliphatic rings. The molecule has 1 aliphatic heterocycles. The van der Waals surface area contributed by atoms with Gasteiger partial charge in [-0.2, -0.15) is 0 Å². The van der Waals surface area contributed by atoms with Crippen LogP contribution in [0.2, 0.25) is 0 Å². The van der Waals surface area contributed by atoms with Gasteiger partial charge in [0.05, 0.1) is 16.2 Å². The Bertz CT molecular complexity index is 650. The summed E-state index contributed by atoms with van der Waals surface area (Å²) in [7, 11) is 0. The zero-order valence-corrected chi connectivity index (χ0v) is 12.7. The average Bonchev–Trinajstić information content (AvgIpc) is 2.91. The van der Waals surface area contributed by atoms with Gasteiger partial charge in [-0.1, -0.05) is 11.8 Å². The summed E-state index contributed by atoms with van der Waals surface area (Å²) < 4.78 is 0. The fraction of sp³-hybridized carbons (Fsp3) is 0.462. The summed E-state index contributed by atoms with van der Waals surface area (Å²) in [4.78, 5) is 23.2. The first-order valence-electron chi connectivity index (χ1n) is 6.51. The monoisotopic (exact) mass is 308 g/mol. The van der Waals surface area contributed by atoms with E-state index in [9.17, 15) is 9.90 Å². The second-order valence-corrected chi connectivity index (χ2v) is 6.50. The molecule has 0 N–H and O–H groups in total. The number of hydrogen-bond acceptors (Lipinski definition) is 7. The number of aromatic carboxylic acids is 1. The number of carbonyl (C=O) groups excluding carboxylic acids is 1. The highest BCUT2D eigenvalue weighted by atomic mass is 32.2. The van der Waals surface area contributed by atoms with Crippen LogP contribution in [0.15, 0.2) is 11.2 Å². The third-order valence-electron chi connectivity index (χ3n) is 3.39. The van der Waals surface area contributed by atoms with E-state index < -0.39 is 5.97 Å². The van der Waals surface area contributed by atoms with Crippen molar-refractivity contribution < 1.29 is 9.90 Å². The summed E-state index contributed by atoms with van der Waals surface area (Å²) >= 11 is 2.63. The van der Waals surface area contributed by atoms with Crippen LogP contribution in [0.3, 0.4) is 0 Å². The van der Waals surface area contributed by atoms with E-state index in [1.807, 2.05) is 6.26 Å². The molecule has 0 spiro atoms. The van der Waals surface area contributed by atoms with Crippen molar-refractivity contribution >= 4 is 45.1 Å². The van der Waals surface area contributed by atoms with E-state index in [1.165, 1.54) is 18.2 Å². The molecule has 0 unspecified atom stereocenters. The summed E-state index contributed by atoms with van der Waals surface area (Å²) in [5, 5.41) is 12.6. The fourth-order valence-electron chi connectivity index (χ4n) is 2.43. The van der Waals surface area contributed by atoms with Gasteiger partial charge in [-0.05, 0) is 31.6 Å². The van der Waals surface area contributed by atoms with E-state index in [0.29, 0.717) is 5.16 Å². The number of piperidine rings is 1. The second-order valence-electron chi connectivity index (χ2n) is 4.70. The number of thiophene rings is 1. The van der Waals surface area contributed by atoms with E-state index >= 15 is 0 Å². The number of anilines is 1.